The third kappa shape index (κ3) is 3.86. The van der Waals surface area contributed by atoms with Crippen LogP contribution in [0.15, 0.2) is 18.2 Å². The molecule has 18 heavy (non-hydrogen) atoms. The van der Waals surface area contributed by atoms with E-state index in [1.807, 2.05) is 30.9 Å². The molecule has 0 atom stereocenters. The van der Waals surface area contributed by atoms with Crippen LogP contribution in [0.25, 0.3) is 0 Å². The maximum Gasteiger partial charge on any atom is 0.319 e. The smallest absolute Gasteiger partial charge is 0.319 e. The van der Waals surface area contributed by atoms with Gasteiger partial charge < -0.3 is 4.74 Å². The molecule has 0 amide bonds. The molecule has 4 heteroatoms. The number of hydrogen-bond acceptors (Lipinski definition) is 4. The summed E-state index contributed by atoms with van der Waals surface area (Å²) >= 11 is 0. The van der Waals surface area contributed by atoms with Crippen LogP contribution in [0.1, 0.15) is 23.6 Å². The summed E-state index contributed by atoms with van der Waals surface area (Å²) in [5, 5.41) is 8.81. The molecule has 0 unspecified atom stereocenters. The number of esters is 1. The van der Waals surface area contributed by atoms with E-state index in [0.717, 1.165) is 17.7 Å². The predicted molar refractivity (Wildman–Crippen MR) is 68.9 cm³/mol. The van der Waals surface area contributed by atoms with Gasteiger partial charge in [-0.05, 0) is 36.7 Å². The summed E-state index contributed by atoms with van der Waals surface area (Å²) < 4.78 is 4.66. The van der Waals surface area contributed by atoms with Gasteiger partial charge in [0.2, 0.25) is 0 Å². The lowest BCUT2D eigenvalue weighted by Gasteiger charge is -2.20. The standard InChI is InChI=1S/C14H18N2O2/c1-4-16(10-14(17)18-3)9-13-6-5-12(8-15)7-11(13)2/h5-7H,4,9-10H2,1-3H3. The number of rotatable bonds is 5. The molecule has 1 rings (SSSR count). The van der Waals surface area contributed by atoms with Gasteiger partial charge in [-0.2, -0.15) is 5.26 Å². The van der Waals surface area contributed by atoms with E-state index in [4.69, 9.17) is 5.26 Å². The predicted octanol–water partition coefficient (Wildman–Crippen LogP) is 1.86. The number of hydrogen-bond donors (Lipinski definition) is 0. The summed E-state index contributed by atoms with van der Waals surface area (Å²) in [5.74, 6) is -0.233. The molecule has 0 aliphatic heterocycles. The number of aryl methyl sites for hydroxylation is 1. The van der Waals surface area contributed by atoms with Gasteiger partial charge in [-0.25, -0.2) is 0 Å². The Morgan fingerprint density at radius 2 is 2.22 bits per heavy atom. The van der Waals surface area contributed by atoms with Crippen LogP contribution in [0.5, 0.6) is 0 Å². The van der Waals surface area contributed by atoms with Crippen molar-refractivity contribution < 1.29 is 9.53 Å². The fourth-order valence-corrected chi connectivity index (χ4v) is 1.71. The number of carbonyl (C=O) groups excluding carboxylic acids is 1. The van der Waals surface area contributed by atoms with E-state index in [0.29, 0.717) is 12.1 Å². The van der Waals surface area contributed by atoms with Crippen LogP contribution >= 0.6 is 0 Å². The first-order chi connectivity index (χ1) is 8.60. The lowest BCUT2D eigenvalue weighted by Crippen LogP contribution is -2.30. The summed E-state index contributed by atoms with van der Waals surface area (Å²) in [6.07, 6.45) is 0. The van der Waals surface area contributed by atoms with Gasteiger partial charge in [-0.3, -0.25) is 9.69 Å². The lowest BCUT2D eigenvalue weighted by molar-refractivity contribution is -0.142. The average Bonchev–Trinajstić information content (AvgIpc) is 2.39. The summed E-state index contributed by atoms with van der Waals surface area (Å²) in [6.45, 7) is 5.72. The molecule has 0 saturated heterocycles. The van der Waals surface area contributed by atoms with E-state index in [1.165, 1.54) is 7.11 Å². The van der Waals surface area contributed by atoms with Gasteiger partial charge in [-0.1, -0.05) is 13.0 Å². The Morgan fingerprint density at radius 3 is 2.72 bits per heavy atom. The van der Waals surface area contributed by atoms with Crippen LogP contribution in [0.2, 0.25) is 0 Å². The highest BCUT2D eigenvalue weighted by Gasteiger charge is 2.11. The van der Waals surface area contributed by atoms with Crippen LogP contribution in [0.3, 0.4) is 0 Å². The second-order valence-corrected chi connectivity index (χ2v) is 4.13. The second kappa shape index (κ2) is 6.77. The highest BCUT2D eigenvalue weighted by atomic mass is 16.5. The molecular formula is C14H18N2O2. The molecular weight excluding hydrogens is 228 g/mol. The highest BCUT2D eigenvalue weighted by Crippen LogP contribution is 2.13. The molecule has 0 fully saturated rings. The topological polar surface area (TPSA) is 53.3 Å². The number of nitrogens with zero attached hydrogens (tertiary/aromatic N) is 2. The van der Waals surface area contributed by atoms with Gasteiger partial charge >= 0.3 is 5.97 Å². The molecule has 0 heterocycles. The van der Waals surface area contributed by atoms with Crippen molar-refractivity contribution in [1.29, 1.82) is 5.26 Å². The van der Waals surface area contributed by atoms with Gasteiger partial charge in [0.1, 0.15) is 0 Å². The number of carbonyl (C=O) groups is 1. The SMILES string of the molecule is CCN(CC(=O)OC)Cc1ccc(C#N)cc1C. The molecule has 1 aromatic carbocycles. The highest BCUT2D eigenvalue weighted by molar-refractivity contribution is 5.71. The Kier molecular flexibility index (Phi) is 5.34. The normalized spacial score (nSPS) is 10.2. The zero-order valence-corrected chi connectivity index (χ0v) is 11.1. The molecule has 1 aromatic rings. The molecule has 0 aliphatic rings. The minimum Gasteiger partial charge on any atom is -0.468 e. The molecule has 96 valence electrons. The van der Waals surface area contributed by atoms with E-state index in [1.54, 1.807) is 6.07 Å². The van der Waals surface area contributed by atoms with Crippen molar-refractivity contribution in [3.8, 4) is 6.07 Å². The van der Waals surface area contributed by atoms with Gasteiger partial charge in [0.25, 0.3) is 0 Å². The largest absolute Gasteiger partial charge is 0.468 e. The maximum atomic E-state index is 11.2. The van der Waals surface area contributed by atoms with Crippen molar-refractivity contribution in [2.75, 3.05) is 20.2 Å². The first kappa shape index (κ1) is 14.2. The summed E-state index contributed by atoms with van der Waals surface area (Å²) in [6, 6.07) is 7.72. The lowest BCUT2D eigenvalue weighted by atomic mass is 10.1. The Balaban J connectivity index is 2.76. The zero-order chi connectivity index (χ0) is 13.5. The zero-order valence-electron chi connectivity index (χ0n) is 11.1. The fraction of sp³-hybridized carbons (Fsp3) is 0.429. The average molecular weight is 246 g/mol. The Labute approximate surface area is 108 Å². The number of ether oxygens (including phenoxy) is 1. The minimum absolute atomic E-state index is 0.233. The van der Waals surface area contributed by atoms with Crippen molar-refractivity contribution in [2.24, 2.45) is 0 Å². The Hall–Kier alpha value is -1.86. The second-order valence-electron chi connectivity index (χ2n) is 4.13. The summed E-state index contributed by atoms with van der Waals surface area (Å²) in [7, 11) is 1.39. The number of nitriles is 1. The van der Waals surface area contributed by atoms with Crippen LogP contribution in [0.4, 0.5) is 0 Å². The van der Waals surface area contributed by atoms with Gasteiger partial charge in [-0.15, -0.1) is 0 Å². The van der Waals surface area contributed by atoms with Gasteiger partial charge in [0, 0.05) is 6.54 Å². The molecule has 0 spiro atoms. The van der Waals surface area contributed by atoms with Crippen LogP contribution < -0.4 is 0 Å². The van der Waals surface area contributed by atoms with Crippen LogP contribution in [0, 0.1) is 18.3 Å². The van der Waals surface area contributed by atoms with Crippen LogP contribution in [-0.2, 0) is 16.1 Å². The fourth-order valence-electron chi connectivity index (χ4n) is 1.71. The first-order valence-corrected chi connectivity index (χ1v) is 5.89. The molecule has 0 bridgehead atoms. The van der Waals surface area contributed by atoms with E-state index < -0.39 is 0 Å². The Morgan fingerprint density at radius 1 is 1.50 bits per heavy atom. The van der Waals surface area contributed by atoms with Crippen molar-refractivity contribution in [1.82, 2.24) is 4.90 Å². The monoisotopic (exact) mass is 246 g/mol. The van der Waals surface area contributed by atoms with E-state index in [2.05, 4.69) is 10.8 Å². The number of methoxy groups -OCH3 is 1. The van der Waals surface area contributed by atoms with E-state index in [-0.39, 0.29) is 12.5 Å². The number of benzene rings is 1. The molecule has 0 N–H and O–H groups in total. The molecule has 0 saturated carbocycles. The molecule has 0 radical (unpaired) electrons. The Bertz CT molecular complexity index is 463. The summed E-state index contributed by atoms with van der Waals surface area (Å²) in [4.78, 5) is 13.2. The van der Waals surface area contributed by atoms with Crippen molar-refractivity contribution in [3.63, 3.8) is 0 Å². The maximum absolute atomic E-state index is 11.2. The van der Waals surface area contributed by atoms with Crippen molar-refractivity contribution >= 4 is 5.97 Å². The van der Waals surface area contributed by atoms with Crippen molar-refractivity contribution in [3.05, 3.63) is 34.9 Å². The first-order valence-electron chi connectivity index (χ1n) is 5.89. The van der Waals surface area contributed by atoms with Crippen molar-refractivity contribution in [2.45, 2.75) is 20.4 Å². The van der Waals surface area contributed by atoms with Gasteiger partial charge in [0.15, 0.2) is 0 Å². The third-order valence-electron chi connectivity index (χ3n) is 2.89. The molecule has 4 nitrogen and oxygen atoms in total. The summed E-state index contributed by atoms with van der Waals surface area (Å²) in [5.41, 5.74) is 2.85. The van der Waals surface area contributed by atoms with Crippen LogP contribution in [-0.4, -0.2) is 31.1 Å². The van der Waals surface area contributed by atoms with E-state index in [9.17, 15) is 4.79 Å². The third-order valence-corrected chi connectivity index (χ3v) is 2.89. The van der Waals surface area contributed by atoms with Gasteiger partial charge in [0.05, 0.1) is 25.3 Å². The molecule has 0 aliphatic carbocycles. The quantitative estimate of drug-likeness (QED) is 0.744. The van der Waals surface area contributed by atoms with E-state index >= 15 is 0 Å². The number of likely N-dealkylation sites (N-methyl/N-ethyl adjacent to an activating group) is 1. The minimum atomic E-state index is -0.233. The molecule has 0 aromatic heterocycles.